The average molecular weight is 294 g/mol. The molecule has 1 aromatic rings. The summed E-state index contributed by atoms with van der Waals surface area (Å²) < 4.78 is 39.1. The van der Waals surface area contributed by atoms with Crippen LogP contribution in [0.5, 0.6) is 0 Å². The molecule has 0 unspecified atom stereocenters. The normalized spacial score (nSPS) is 9.28. The summed E-state index contributed by atoms with van der Waals surface area (Å²) in [6.07, 6.45) is 1.25. The molecule has 0 radical (unpaired) electrons. The first-order valence-electron chi connectivity index (χ1n) is 4.23. The Morgan fingerprint density at radius 2 is 1.50 bits per heavy atom. The minimum Gasteiger partial charge on any atom is -0.337 e. The number of sulfonamides is 1. The van der Waals surface area contributed by atoms with E-state index in [1.807, 2.05) is 6.92 Å². The number of nitriles is 1. The van der Waals surface area contributed by atoms with E-state index in [0.717, 1.165) is 5.56 Å². The largest absolute Gasteiger partial charge is 0.337 e. The van der Waals surface area contributed by atoms with Crippen LogP contribution in [0.4, 0.5) is 0 Å². The molecule has 0 heterocycles. The number of hydrogen-bond acceptors (Lipinski definition) is 6. The van der Waals surface area contributed by atoms with Crippen LogP contribution >= 0.6 is 0 Å². The third kappa shape index (κ3) is 12.4. The second-order valence-corrected chi connectivity index (χ2v) is 4.90. The number of rotatable bonds is 1. The lowest BCUT2D eigenvalue weighted by Crippen LogP contribution is -2.11. The fourth-order valence-corrected chi connectivity index (χ4v) is 1.24. The topological polar surface area (TPSA) is 170 Å². The van der Waals surface area contributed by atoms with Crippen LogP contribution in [0.2, 0.25) is 0 Å². The Morgan fingerprint density at radius 3 is 1.72 bits per heavy atom. The third-order valence-corrected chi connectivity index (χ3v) is 2.28. The molecule has 0 spiro atoms. The first-order chi connectivity index (χ1) is 8.15. The average Bonchev–Trinajstić information content (AvgIpc) is 2.17. The Balaban J connectivity index is 0. The van der Waals surface area contributed by atoms with Crippen molar-refractivity contribution in [3.8, 4) is 6.19 Å². The first kappa shape index (κ1) is 18.7. The molecule has 0 aliphatic heterocycles. The van der Waals surface area contributed by atoms with Crippen LogP contribution in [0.15, 0.2) is 29.2 Å². The number of thiol groups is 1. The number of primary sulfonamides is 1. The van der Waals surface area contributed by atoms with E-state index in [4.69, 9.17) is 18.8 Å². The van der Waals surface area contributed by atoms with E-state index in [2.05, 4.69) is 10.9 Å². The van der Waals surface area contributed by atoms with Gasteiger partial charge in [0.25, 0.3) is 0 Å². The van der Waals surface area contributed by atoms with Crippen molar-refractivity contribution in [1.29, 1.82) is 5.26 Å². The zero-order valence-corrected chi connectivity index (χ0v) is 11.2. The molecular formula is C8H14N4O4S2. The Kier molecular flexibility index (Phi) is 9.73. The second-order valence-electron chi connectivity index (χ2n) is 2.77. The Morgan fingerprint density at radius 1 is 1.22 bits per heavy atom. The predicted molar refractivity (Wildman–Crippen MR) is 66.9 cm³/mol. The van der Waals surface area contributed by atoms with Crippen molar-refractivity contribution in [3.63, 3.8) is 0 Å². The van der Waals surface area contributed by atoms with E-state index in [0.29, 0.717) is 0 Å². The van der Waals surface area contributed by atoms with Crippen molar-refractivity contribution in [2.75, 3.05) is 0 Å². The number of nitrogens with zero attached hydrogens (tertiary/aromatic N) is 1. The van der Waals surface area contributed by atoms with Crippen molar-refractivity contribution >= 4 is 20.9 Å². The van der Waals surface area contributed by atoms with Gasteiger partial charge < -0.3 is 5.73 Å². The molecule has 0 amide bonds. The highest BCUT2D eigenvalue weighted by atomic mass is 32.2. The van der Waals surface area contributed by atoms with Gasteiger partial charge in [0.05, 0.1) is 4.90 Å². The molecule has 1 aromatic carbocycles. The van der Waals surface area contributed by atoms with E-state index in [-0.39, 0.29) is 4.90 Å². The summed E-state index contributed by atoms with van der Waals surface area (Å²) in [7, 11) is -6.14. The van der Waals surface area contributed by atoms with Gasteiger partial charge in [0.2, 0.25) is 10.0 Å². The molecule has 0 saturated carbocycles. The van der Waals surface area contributed by atoms with Gasteiger partial charge >= 0.3 is 0 Å². The summed E-state index contributed by atoms with van der Waals surface area (Å²) in [6.45, 7) is 1.88. The number of hydrogen-bond donors (Lipinski definition) is 4. The van der Waals surface area contributed by atoms with Crippen LogP contribution in [0.25, 0.3) is 0 Å². The molecule has 0 saturated heterocycles. The van der Waals surface area contributed by atoms with Crippen LogP contribution in [0, 0.1) is 18.4 Å². The van der Waals surface area contributed by atoms with Crippen LogP contribution in [-0.4, -0.2) is 16.8 Å². The van der Waals surface area contributed by atoms with Gasteiger partial charge in [-0.1, -0.05) is 17.7 Å². The van der Waals surface area contributed by atoms with Gasteiger partial charge in [-0.2, -0.15) is 5.26 Å². The van der Waals surface area contributed by atoms with Crippen LogP contribution < -0.4 is 16.0 Å². The molecule has 0 fully saturated rings. The SMILES string of the molecule is Cc1ccc(S(N)(=O)=O)cc1.N#CN.N[SH](=O)=O. The van der Waals surface area contributed by atoms with Gasteiger partial charge in [0, 0.05) is 0 Å². The summed E-state index contributed by atoms with van der Waals surface area (Å²) in [6, 6.07) is 6.40. The van der Waals surface area contributed by atoms with Gasteiger partial charge in [-0.3, -0.25) is 0 Å². The van der Waals surface area contributed by atoms with E-state index >= 15 is 0 Å². The van der Waals surface area contributed by atoms with Gasteiger partial charge in [-0.05, 0) is 19.1 Å². The molecule has 6 N–H and O–H groups in total. The summed E-state index contributed by atoms with van der Waals surface area (Å²) in [5, 5.41) is 16.0. The molecule has 102 valence electrons. The minimum atomic E-state index is -3.52. The maximum absolute atomic E-state index is 10.7. The van der Waals surface area contributed by atoms with Crippen molar-refractivity contribution < 1.29 is 16.8 Å². The van der Waals surface area contributed by atoms with Crippen LogP contribution in [0.1, 0.15) is 5.56 Å². The van der Waals surface area contributed by atoms with Crippen LogP contribution in [-0.2, 0) is 20.9 Å². The lowest BCUT2D eigenvalue weighted by atomic mass is 10.2. The van der Waals surface area contributed by atoms with Gasteiger partial charge in [-0.15, -0.1) is 0 Å². The van der Waals surface area contributed by atoms with E-state index in [1.54, 1.807) is 12.1 Å². The second kappa shape index (κ2) is 9.37. The van der Waals surface area contributed by atoms with Gasteiger partial charge in [-0.25, -0.2) is 27.1 Å². The number of nitrogens with two attached hydrogens (primary N) is 3. The number of aryl methyl sites for hydroxylation is 1. The zero-order valence-electron chi connectivity index (χ0n) is 9.48. The van der Waals surface area contributed by atoms with Crippen molar-refractivity contribution in [2.24, 2.45) is 16.0 Å². The Labute approximate surface area is 107 Å². The molecule has 0 aliphatic carbocycles. The highest BCUT2D eigenvalue weighted by Gasteiger charge is 2.04. The lowest BCUT2D eigenvalue weighted by Gasteiger charge is -1.96. The molecule has 0 atom stereocenters. The maximum atomic E-state index is 10.7. The van der Waals surface area contributed by atoms with E-state index in [9.17, 15) is 8.42 Å². The Bertz CT molecular complexity index is 550. The predicted octanol–water partition coefficient (Wildman–Crippen LogP) is -1.46. The monoisotopic (exact) mass is 294 g/mol. The van der Waals surface area contributed by atoms with Crippen LogP contribution in [0.3, 0.4) is 0 Å². The standard InChI is InChI=1S/C7H9NO2S.CH2N2.H3NO2S/c1-6-2-4-7(5-3-6)11(8,9)10;2-1-3;1-4(2)3/h2-5H,1H3,(H2,8,9,10);2H2;4H,(H2,1,2,3). The fraction of sp³-hybridized carbons (Fsp3) is 0.125. The number of benzene rings is 1. The summed E-state index contributed by atoms with van der Waals surface area (Å²) in [5.41, 5.74) is 5.16. The molecule has 8 nitrogen and oxygen atoms in total. The Hall–Kier alpha value is -1.67. The lowest BCUT2D eigenvalue weighted by molar-refractivity contribution is 0.597. The summed E-state index contributed by atoms with van der Waals surface area (Å²) in [4.78, 5) is 0.156. The van der Waals surface area contributed by atoms with E-state index in [1.165, 1.54) is 18.3 Å². The maximum Gasteiger partial charge on any atom is 0.238 e. The highest BCUT2D eigenvalue weighted by molar-refractivity contribution is 7.89. The fourth-order valence-electron chi connectivity index (χ4n) is 0.728. The summed E-state index contributed by atoms with van der Waals surface area (Å²) in [5.74, 6) is 0. The van der Waals surface area contributed by atoms with E-state index < -0.39 is 20.9 Å². The van der Waals surface area contributed by atoms with Crippen molar-refractivity contribution in [3.05, 3.63) is 29.8 Å². The van der Waals surface area contributed by atoms with Crippen molar-refractivity contribution in [1.82, 2.24) is 0 Å². The van der Waals surface area contributed by atoms with Crippen molar-refractivity contribution in [2.45, 2.75) is 11.8 Å². The van der Waals surface area contributed by atoms with Gasteiger partial charge in [0.1, 0.15) is 0 Å². The smallest absolute Gasteiger partial charge is 0.238 e. The summed E-state index contributed by atoms with van der Waals surface area (Å²) >= 11 is 0. The molecule has 1 rings (SSSR count). The zero-order chi connectivity index (χ0) is 14.8. The molecule has 10 heteroatoms. The molecule has 18 heavy (non-hydrogen) atoms. The quantitative estimate of drug-likeness (QED) is 0.280. The molecular weight excluding hydrogens is 280 g/mol. The first-order valence-corrected chi connectivity index (χ1v) is 7.02. The van der Waals surface area contributed by atoms with Gasteiger partial charge in [0.15, 0.2) is 17.1 Å². The third-order valence-electron chi connectivity index (χ3n) is 1.35. The molecule has 0 bridgehead atoms. The highest BCUT2D eigenvalue weighted by Crippen LogP contribution is 2.06. The molecule has 0 aliphatic rings. The molecule has 0 aromatic heterocycles. The minimum absolute atomic E-state index is 0.156.